The van der Waals surface area contributed by atoms with Gasteiger partial charge in [0.15, 0.2) is 0 Å². The molecule has 3 nitrogen and oxygen atoms in total. The van der Waals surface area contributed by atoms with Crippen LogP contribution in [0.25, 0.3) is 0 Å². The van der Waals surface area contributed by atoms with Gasteiger partial charge >= 0.3 is 0 Å². The Balaban J connectivity index is 2.97. The molecule has 1 aromatic heterocycles. The number of nitrogens with zero attached hydrogens (tertiary/aromatic N) is 2. The molecule has 0 atom stereocenters. The normalized spacial score (nSPS) is 10.0. The molecule has 13 heavy (non-hydrogen) atoms. The van der Waals surface area contributed by atoms with Crippen molar-refractivity contribution in [2.45, 2.75) is 26.8 Å². The molecule has 1 rings (SSSR count). The lowest BCUT2D eigenvalue weighted by molar-refractivity contribution is 0.279. The molecule has 1 aromatic rings. The van der Waals surface area contributed by atoms with E-state index >= 15 is 0 Å². The summed E-state index contributed by atoms with van der Waals surface area (Å²) in [4.78, 5) is 0. The van der Waals surface area contributed by atoms with Crippen LogP contribution in [0, 0.1) is 25.2 Å². The maximum atomic E-state index is 8.88. The van der Waals surface area contributed by atoms with Crippen LogP contribution in [0.15, 0.2) is 6.07 Å². The first-order chi connectivity index (χ1) is 6.20. The molecule has 70 valence electrons. The summed E-state index contributed by atoms with van der Waals surface area (Å²) in [6.07, 6.45) is 0.698. The molecule has 0 unspecified atom stereocenters. The summed E-state index contributed by atoms with van der Waals surface area (Å²) in [5.74, 6) is 0. The highest BCUT2D eigenvalue weighted by atomic mass is 16.3. The molecule has 0 aliphatic heterocycles. The van der Waals surface area contributed by atoms with Crippen molar-refractivity contribution in [2.75, 3.05) is 6.61 Å². The number of nitriles is 1. The Labute approximate surface area is 78.2 Å². The second-order valence-corrected chi connectivity index (χ2v) is 3.16. The minimum absolute atomic E-state index is 0.168. The minimum Gasteiger partial charge on any atom is -0.396 e. The summed E-state index contributed by atoms with van der Waals surface area (Å²) in [5.41, 5.74) is 2.81. The SMILES string of the molecule is Cc1cc(C)n(CCCO)c1C#N. The van der Waals surface area contributed by atoms with Crippen LogP contribution in [-0.2, 0) is 6.54 Å². The first-order valence-electron chi connectivity index (χ1n) is 4.38. The quantitative estimate of drug-likeness (QED) is 0.759. The Bertz CT molecular complexity index is 333. The summed E-state index contributed by atoms with van der Waals surface area (Å²) in [5, 5.41) is 17.6. The Morgan fingerprint density at radius 3 is 2.77 bits per heavy atom. The Morgan fingerprint density at radius 2 is 2.23 bits per heavy atom. The van der Waals surface area contributed by atoms with Crippen LogP contribution in [0.4, 0.5) is 0 Å². The molecular formula is C10H14N2O. The molecule has 0 saturated heterocycles. The van der Waals surface area contributed by atoms with Crippen LogP contribution in [-0.4, -0.2) is 16.3 Å². The Morgan fingerprint density at radius 1 is 1.54 bits per heavy atom. The molecule has 0 radical (unpaired) electrons. The van der Waals surface area contributed by atoms with Gasteiger partial charge in [0, 0.05) is 18.8 Å². The molecule has 0 aliphatic rings. The molecule has 0 aliphatic carbocycles. The van der Waals surface area contributed by atoms with Crippen LogP contribution in [0.3, 0.4) is 0 Å². The number of aliphatic hydroxyl groups excluding tert-OH is 1. The van der Waals surface area contributed by atoms with E-state index in [1.54, 1.807) is 0 Å². The number of aryl methyl sites for hydroxylation is 2. The van der Waals surface area contributed by atoms with Gasteiger partial charge in [-0.3, -0.25) is 0 Å². The molecule has 0 spiro atoms. The van der Waals surface area contributed by atoms with Crippen molar-refractivity contribution in [3.8, 4) is 6.07 Å². The third-order valence-corrected chi connectivity index (χ3v) is 2.14. The predicted molar refractivity (Wildman–Crippen MR) is 50.3 cm³/mol. The van der Waals surface area contributed by atoms with Crippen molar-refractivity contribution >= 4 is 0 Å². The van der Waals surface area contributed by atoms with Gasteiger partial charge in [-0.1, -0.05) is 0 Å². The molecule has 0 amide bonds. The number of hydrogen-bond acceptors (Lipinski definition) is 2. The van der Waals surface area contributed by atoms with Gasteiger partial charge in [0.25, 0.3) is 0 Å². The topological polar surface area (TPSA) is 49.0 Å². The Hall–Kier alpha value is -1.27. The van der Waals surface area contributed by atoms with Gasteiger partial charge in [0.1, 0.15) is 11.8 Å². The Kier molecular flexibility index (Phi) is 3.10. The lowest BCUT2D eigenvalue weighted by Gasteiger charge is -2.05. The largest absolute Gasteiger partial charge is 0.396 e. The third kappa shape index (κ3) is 1.90. The van der Waals surface area contributed by atoms with Crippen LogP contribution >= 0.6 is 0 Å². The van der Waals surface area contributed by atoms with Gasteiger partial charge in [-0.15, -0.1) is 0 Å². The maximum Gasteiger partial charge on any atom is 0.123 e. The highest BCUT2D eigenvalue weighted by molar-refractivity contribution is 5.35. The van der Waals surface area contributed by atoms with Crippen molar-refractivity contribution in [3.05, 3.63) is 23.0 Å². The number of aromatic nitrogens is 1. The number of rotatable bonds is 3. The lowest BCUT2D eigenvalue weighted by atomic mass is 10.3. The molecule has 3 heteroatoms. The lowest BCUT2D eigenvalue weighted by Crippen LogP contribution is -2.04. The van der Waals surface area contributed by atoms with E-state index in [1.165, 1.54) is 0 Å². The number of hydrogen-bond donors (Lipinski definition) is 1. The zero-order valence-electron chi connectivity index (χ0n) is 8.04. The minimum atomic E-state index is 0.168. The van der Waals surface area contributed by atoms with Gasteiger partial charge in [0.05, 0.1) is 0 Å². The molecule has 0 saturated carbocycles. The number of aliphatic hydroxyl groups is 1. The molecule has 0 bridgehead atoms. The zero-order valence-corrected chi connectivity index (χ0v) is 8.04. The summed E-state index contributed by atoms with van der Waals surface area (Å²) in [6.45, 7) is 4.80. The maximum absolute atomic E-state index is 8.88. The van der Waals surface area contributed by atoms with Crippen LogP contribution < -0.4 is 0 Å². The van der Waals surface area contributed by atoms with E-state index in [0.29, 0.717) is 12.1 Å². The molecule has 1 N–H and O–H groups in total. The van der Waals surface area contributed by atoms with Gasteiger partial charge in [-0.25, -0.2) is 0 Å². The predicted octanol–water partition coefficient (Wildman–Crippen LogP) is 1.36. The fraction of sp³-hybridized carbons (Fsp3) is 0.500. The standard InChI is InChI=1S/C10H14N2O/c1-8-6-9(2)12(4-3-5-13)10(8)7-11/h6,13H,3-5H2,1-2H3. The highest BCUT2D eigenvalue weighted by Gasteiger charge is 2.07. The summed E-state index contributed by atoms with van der Waals surface area (Å²) >= 11 is 0. The van der Waals surface area contributed by atoms with Crippen molar-refractivity contribution in [2.24, 2.45) is 0 Å². The van der Waals surface area contributed by atoms with Crippen LogP contribution in [0.5, 0.6) is 0 Å². The average molecular weight is 178 g/mol. The summed E-state index contributed by atoms with van der Waals surface area (Å²) in [6, 6.07) is 4.17. The van der Waals surface area contributed by atoms with Gasteiger partial charge in [-0.2, -0.15) is 5.26 Å². The van der Waals surface area contributed by atoms with Crippen molar-refractivity contribution < 1.29 is 5.11 Å². The first kappa shape index (κ1) is 9.82. The fourth-order valence-corrected chi connectivity index (χ4v) is 1.51. The van der Waals surface area contributed by atoms with Crippen molar-refractivity contribution in [1.29, 1.82) is 5.26 Å². The van der Waals surface area contributed by atoms with E-state index in [9.17, 15) is 0 Å². The zero-order chi connectivity index (χ0) is 9.84. The van der Waals surface area contributed by atoms with E-state index in [4.69, 9.17) is 10.4 Å². The summed E-state index contributed by atoms with van der Waals surface area (Å²) in [7, 11) is 0. The van der Waals surface area contributed by atoms with Crippen molar-refractivity contribution in [3.63, 3.8) is 0 Å². The second kappa shape index (κ2) is 4.11. The first-order valence-corrected chi connectivity index (χ1v) is 4.38. The van der Waals surface area contributed by atoms with E-state index in [0.717, 1.165) is 17.8 Å². The van der Waals surface area contributed by atoms with Gasteiger partial charge in [-0.05, 0) is 31.9 Å². The van der Waals surface area contributed by atoms with Gasteiger partial charge in [0.2, 0.25) is 0 Å². The van der Waals surface area contributed by atoms with Gasteiger partial charge < -0.3 is 9.67 Å². The molecular weight excluding hydrogens is 164 g/mol. The van der Waals surface area contributed by atoms with Crippen molar-refractivity contribution in [1.82, 2.24) is 4.57 Å². The fourth-order valence-electron chi connectivity index (χ4n) is 1.51. The molecule has 0 aromatic carbocycles. The average Bonchev–Trinajstić information content (AvgIpc) is 2.37. The summed E-state index contributed by atoms with van der Waals surface area (Å²) < 4.78 is 1.95. The monoisotopic (exact) mass is 178 g/mol. The molecule has 1 heterocycles. The van der Waals surface area contributed by atoms with Crippen LogP contribution in [0.2, 0.25) is 0 Å². The smallest absolute Gasteiger partial charge is 0.123 e. The van der Waals surface area contributed by atoms with E-state index < -0.39 is 0 Å². The molecule has 0 fully saturated rings. The van der Waals surface area contributed by atoms with E-state index in [-0.39, 0.29) is 6.61 Å². The van der Waals surface area contributed by atoms with E-state index in [2.05, 4.69) is 6.07 Å². The van der Waals surface area contributed by atoms with E-state index in [1.807, 2.05) is 24.5 Å². The third-order valence-electron chi connectivity index (χ3n) is 2.14. The van der Waals surface area contributed by atoms with Crippen LogP contribution in [0.1, 0.15) is 23.4 Å². The highest BCUT2D eigenvalue weighted by Crippen LogP contribution is 2.14. The second-order valence-electron chi connectivity index (χ2n) is 3.16.